The van der Waals surface area contributed by atoms with E-state index >= 15 is 0 Å². The molecule has 1 rings (SSSR count). The van der Waals surface area contributed by atoms with Gasteiger partial charge in [-0.1, -0.05) is 12.1 Å². The molecule has 0 aliphatic heterocycles. The molecule has 0 bridgehead atoms. The first-order valence-corrected chi connectivity index (χ1v) is 8.53. The van der Waals surface area contributed by atoms with Crippen molar-refractivity contribution in [1.82, 2.24) is 5.32 Å². The first kappa shape index (κ1) is 17.0. The van der Waals surface area contributed by atoms with Crippen LogP contribution >= 0.6 is 15.2 Å². The number of carbonyl (C=O) groups is 1. The fraction of sp³-hybridized carbons (Fsp3) is 0.222. The van der Waals surface area contributed by atoms with Crippen molar-refractivity contribution in [1.29, 1.82) is 0 Å². The molecule has 112 valence electrons. The Balaban J connectivity index is 2.97. The maximum Gasteiger partial charge on any atom is 0.360 e. The number of rotatable bonds is 5. The molecule has 0 saturated carbocycles. The first-order chi connectivity index (χ1) is 9.05. The van der Waals surface area contributed by atoms with E-state index in [4.69, 9.17) is 24.7 Å². The first-order valence-electron chi connectivity index (χ1n) is 5.17. The van der Waals surface area contributed by atoms with E-state index in [0.717, 1.165) is 0 Å². The van der Waals surface area contributed by atoms with E-state index in [0.29, 0.717) is 5.56 Å². The molecule has 0 aromatic heterocycles. The lowest BCUT2D eigenvalue weighted by Crippen LogP contribution is -2.34. The van der Waals surface area contributed by atoms with Crippen LogP contribution in [0.25, 0.3) is 0 Å². The summed E-state index contributed by atoms with van der Waals surface area (Å²) in [6, 6.07) is 5.27. The zero-order chi connectivity index (χ0) is 15.6. The van der Waals surface area contributed by atoms with Gasteiger partial charge >= 0.3 is 15.2 Å². The van der Waals surface area contributed by atoms with Gasteiger partial charge in [0.1, 0.15) is 0 Å². The van der Waals surface area contributed by atoms with Crippen LogP contribution in [0.4, 0.5) is 0 Å². The van der Waals surface area contributed by atoms with Crippen LogP contribution < -0.4 is 5.32 Å². The van der Waals surface area contributed by atoms with E-state index in [-0.39, 0.29) is 12.2 Å². The quantitative estimate of drug-likeness (QED) is 0.396. The fourth-order valence-corrected chi connectivity index (χ4v) is 3.46. The number of aliphatic hydroxyl groups is 1. The SMILES string of the molecule is O=C(NC(P(=O)(O)O)P(=O)(O)O)c1ccc(CO)cc1. The van der Waals surface area contributed by atoms with Gasteiger partial charge in [0.25, 0.3) is 5.91 Å². The molecule has 0 saturated heterocycles. The van der Waals surface area contributed by atoms with Gasteiger partial charge < -0.3 is 30.0 Å². The number of carbonyl (C=O) groups excluding carboxylic acids is 1. The van der Waals surface area contributed by atoms with Crippen molar-refractivity contribution in [3.8, 4) is 0 Å². The number of hydrogen-bond acceptors (Lipinski definition) is 4. The normalized spacial score (nSPS) is 12.5. The molecule has 6 N–H and O–H groups in total. The third kappa shape index (κ3) is 4.50. The van der Waals surface area contributed by atoms with Crippen molar-refractivity contribution < 1.29 is 38.6 Å². The van der Waals surface area contributed by atoms with Crippen LogP contribution in [0.5, 0.6) is 0 Å². The molecule has 11 heteroatoms. The number of hydrogen-bond donors (Lipinski definition) is 6. The number of benzene rings is 1. The van der Waals surface area contributed by atoms with Gasteiger partial charge in [0.2, 0.25) is 5.52 Å². The van der Waals surface area contributed by atoms with Gasteiger partial charge in [0, 0.05) is 5.56 Å². The predicted molar refractivity (Wildman–Crippen MR) is 67.7 cm³/mol. The second-order valence-electron chi connectivity index (χ2n) is 3.88. The summed E-state index contributed by atoms with van der Waals surface area (Å²) in [7, 11) is -10.4. The van der Waals surface area contributed by atoms with E-state index in [1.807, 2.05) is 0 Å². The highest BCUT2D eigenvalue weighted by atomic mass is 31.2. The molecule has 0 aliphatic carbocycles. The Kier molecular flexibility index (Phi) is 5.23. The maximum atomic E-state index is 11.7. The van der Waals surface area contributed by atoms with Gasteiger partial charge in [-0.2, -0.15) is 0 Å². The van der Waals surface area contributed by atoms with Crippen molar-refractivity contribution in [3.63, 3.8) is 0 Å². The Labute approximate surface area is 113 Å². The third-order valence-corrected chi connectivity index (χ3v) is 5.63. The van der Waals surface area contributed by atoms with Crippen molar-refractivity contribution in [3.05, 3.63) is 35.4 Å². The van der Waals surface area contributed by atoms with Crippen molar-refractivity contribution >= 4 is 21.1 Å². The average molecular weight is 325 g/mol. The molecule has 9 nitrogen and oxygen atoms in total. The lowest BCUT2D eigenvalue weighted by Gasteiger charge is -2.20. The summed E-state index contributed by atoms with van der Waals surface area (Å²) in [6.45, 7) is -0.254. The molecule has 0 spiro atoms. The molecule has 0 heterocycles. The van der Waals surface area contributed by atoms with E-state index in [1.165, 1.54) is 24.3 Å². The summed E-state index contributed by atoms with van der Waals surface area (Å²) < 4.78 is 22.0. The standard InChI is InChI=1S/C9H13NO8P2/c11-5-6-1-3-7(4-2-6)8(12)10-9(19(13,14)15)20(16,17)18/h1-4,9,11H,5H2,(H,10,12)(H2,13,14,15)(H2,16,17,18). The van der Waals surface area contributed by atoms with E-state index < -0.39 is 26.6 Å². The summed E-state index contributed by atoms with van der Waals surface area (Å²) in [5, 5.41) is 10.4. The van der Waals surface area contributed by atoms with Crippen molar-refractivity contribution in [2.75, 3.05) is 0 Å². The Hall–Kier alpha value is -1.05. The largest absolute Gasteiger partial charge is 0.392 e. The number of amides is 1. The number of nitrogens with one attached hydrogen (secondary N) is 1. The monoisotopic (exact) mass is 325 g/mol. The van der Waals surface area contributed by atoms with Crippen LogP contribution in [0.3, 0.4) is 0 Å². The average Bonchev–Trinajstić information content (AvgIpc) is 2.33. The zero-order valence-corrected chi connectivity index (χ0v) is 11.7. The summed E-state index contributed by atoms with van der Waals surface area (Å²) in [6.07, 6.45) is 0. The van der Waals surface area contributed by atoms with Crippen LogP contribution in [0, 0.1) is 0 Å². The Bertz CT molecular complexity index is 552. The third-order valence-electron chi connectivity index (χ3n) is 2.30. The zero-order valence-electron chi connectivity index (χ0n) is 9.95. The molecule has 0 fully saturated rings. The van der Waals surface area contributed by atoms with Crippen LogP contribution in [-0.2, 0) is 15.7 Å². The molecule has 0 unspecified atom stereocenters. The van der Waals surface area contributed by atoms with E-state index in [9.17, 15) is 13.9 Å². The van der Waals surface area contributed by atoms with Gasteiger partial charge in [-0.25, -0.2) is 0 Å². The lowest BCUT2D eigenvalue weighted by molar-refractivity contribution is 0.0948. The minimum Gasteiger partial charge on any atom is -0.392 e. The smallest absolute Gasteiger partial charge is 0.360 e. The minimum atomic E-state index is -5.22. The van der Waals surface area contributed by atoms with E-state index in [2.05, 4.69) is 0 Å². The van der Waals surface area contributed by atoms with Gasteiger partial charge in [0.05, 0.1) is 6.61 Å². The van der Waals surface area contributed by atoms with Gasteiger partial charge in [-0.3, -0.25) is 13.9 Å². The second-order valence-corrected chi connectivity index (χ2v) is 7.68. The predicted octanol–water partition coefficient (Wildman–Crippen LogP) is -0.452. The van der Waals surface area contributed by atoms with Gasteiger partial charge in [-0.05, 0) is 17.7 Å². The lowest BCUT2D eigenvalue weighted by atomic mass is 10.1. The molecule has 1 aromatic rings. The topological polar surface area (TPSA) is 164 Å². The maximum absolute atomic E-state index is 11.7. The van der Waals surface area contributed by atoms with Crippen molar-refractivity contribution in [2.45, 2.75) is 12.1 Å². The Morgan fingerprint density at radius 2 is 1.50 bits per heavy atom. The molecule has 1 amide bonds. The summed E-state index contributed by atoms with van der Waals surface area (Å²) in [5.74, 6) is -1.05. The molecular formula is C9H13NO8P2. The highest BCUT2D eigenvalue weighted by Crippen LogP contribution is 2.58. The molecule has 0 aliphatic rings. The van der Waals surface area contributed by atoms with Crippen molar-refractivity contribution in [2.24, 2.45) is 0 Å². The van der Waals surface area contributed by atoms with Crippen LogP contribution in [-0.4, -0.2) is 36.1 Å². The van der Waals surface area contributed by atoms with Crippen LogP contribution in [0.1, 0.15) is 15.9 Å². The summed E-state index contributed by atoms with van der Waals surface area (Å²) in [4.78, 5) is 47.1. The minimum absolute atomic E-state index is 0.0610. The van der Waals surface area contributed by atoms with Crippen LogP contribution in [0.15, 0.2) is 24.3 Å². The van der Waals surface area contributed by atoms with Gasteiger partial charge in [0.15, 0.2) is 0 Å². The summed E-state index contributed by atoms with van der Waals surface area (Å²) in [5.41, 5.74) is -2.16. The molecule has 20 heavy (non-hydrogen) atoms. The highest BCUT2D eigenvalue weighted by Gasteiger charge is 2.44. The summed E-state index contributed by atoms with van der Waals surface area (Å²) >= 11 is 0. The molecule has 0 radical (unpaired) electrons. The Morgan fingerprint density at radius 3 is 1.85 bits per heavy atom. The molecule has 0 atom stereocenters. The van der Waals surface area contributed by atoms with Crippen LogP contribution in [0.2, 0.25) is 0 Å². The van der Waals surface area contributed by atoms with Gasteiger partial charge in [-0.15, -0.1) is 0 Å². The fourth-order valence-electron chi connectivity index (χ4n) is 1.33. The molecular weight excluding hydrogens is 312 g/mol. The Morgan fingerprint density at radius 1 is 1.05 bits per heavy atom. The molecule has 1 aromatic carbocycles. The second kappa shape index (κ2) is 6.15. The number of aliphatic hydroxyl groups excluding tert-OH is 1. The highest BCUT2D eigenvalue weighted by molar-refractivity contribution is 7.70. The van der Waals surface area contributed by atoms with E-state index in [1.54, 1.807) is 5.32 Å².